The van der Waals surface area contributed by atoms with Crippen LogP contribution in [0.2, 0.25) is 0 Å². The molecular formula is C39H65NO10. The Balaban J connectivity index is 1.52. The lowest BCUT2D eigenvalue weighted by atomic mass is 9.42. The smallest absolute Gasteiger partial charge is 0.325 e. The second kappa shape index (κ2) is 14.1. The predicted octanol–water partition coefficient (Wildman–Crippen LogP) is 3.96. The van der Waals surface area contributed by atoms with Crippen molar-refractivity contribution in [2.45, 2.75) is 162 Å². The molecule has 50 heavy (non-hydrogen) atoms. The van der Waals surface area contributed by atoms with Crippen LogP contribution in [0, 0.1) is 39.4 Å². The Morgan fingerprint density at radius 3 is 2.20 bits per heavy atom. The number of carbonyl (C=O) groups excluding carboxylic acids is 3. The highest BCUT2D eigenvalue weighted by Gasteiger charge is 2.67. The number of aliphatic hydroxyl groups is 5. The average Bonchev–Trinajstić information content (AvgIpc) is 3.28. The molecule has 0 saturated heterocycles. The molecule has 11 heteroatoms. The van der Waals surface area contributed by atoms with E-state index in [0.717, 1.165) is 32.1 Å². The molecular weight excluding hydrogens is 642 g/mol. The highest BCUT2D eigenvalue weighted by Crippen LogP contribution is 2.72. The Labute approximate surface area is 298 Å². The van der Waals surface area contributed by atoms with Crippen LogP contribution in [-0.4, -0.2) is 92.7 Å². The largest absolute Gasteiger partial charge is 0.468 e. The standard InChI is InChI=1S/C39H65NO10/c1-22(11-14-28(42)35(4,5)47)23-15-16-38(8)24-12-13-27-34(2,3)33(26(41)18-37(27,7)25(24)17-29(43)39(23,38)9)50-31(45)20-36(6,48)19-30(44)40-21-32(46)49-10/h22-23,26-29,33,41-43,47-48H,11-21H2,1-10H3,(H,40,44)/t22-,23-,26-,27?,28-,29+,33+,36?,37-,38+,39+/m1/s1. The van der Waals surface area contributed by atoms with E-state index in [2.05, 4.69) is 37.7 Å². The van der Waals surface area contributed by atoms with Gasteiger partial charge in [-0.2, -0.15) is 0 Å². The summed E-state index contributed by atoms with van der Waals surface area (Å²) < 4.78 is 10.5. The van der Waals surface area contributed by atoms with Crippen LogP contribution >= 0.6 is 0 Å². The number of allylic oxidation sites excluding steroid dienone is 1. The van der Waals surface area contributed by atoms with E-state index in [1.807, 2.05) is 13.8 Å². The van der Waals surface area contributed by atoms with Crippen LogP contribution in [0.5, 0.6) is 0 Å². The van der Waals surface area contributed by atoms with E-state index >= 15 is 0 Å². The van der Waals surface area contributed by atoms with Crippen LogP contribution in [0.4, 0.5) is 0 Å². The molecule has 0 aromatic carbocycles. The summed E-state index contributed by atoms with van der Waals surface area (Å²) in [6.45, 7) is 17.3. The summed E-state index contributed by atoms with van der Waals surface area (Å²) in [5, 5.41) is 57.9. The number of carbonyl (C=O) groups is 3. The number of aliphatic hydroxyl groups excluding tert-OH is 3. The highest BCUT2D eigenvalue weighted by molar-refractivity contribution is 5.83. The van der Waals surface area contributed by atoms with Crippen LogP contribution in [0.25, 0.3) is 0 Å². The maximum absolute atomic E-state index is 13.2. The second-order valence-corrected chi connectivity index (χ2v) is 18.4. The number of amides is 1. The number of hydrogen-bond donors (Lipinski definition) is 6. The van der Waals surface area contributed by atoms with Gasteiger partial charge in [-0.3, -0.25) is 14.4 Å². The highest BCUT2D eigenvalue weighted by atomic mass is 16.6. The predicted molar refractivity (Wildman–Crippen MR) is 187 cm³/mol. The first kappa shape index (κ1) is 40.7. The van der Waals surface area contributed by atoms with Gasteiger partial charge in [0.05, 0.1) is 49.5 Å². The normalized spacial score (nSPS) is 37.4. The van der Waals surface area contributed by atoms with Crippen molar-refractivity contribution in [2.24, 2.45) is 39.4 Å². The molecule has 11 nitrogen and oxygen atoms in total. The molecule has 2 fully saturated rings. The van der Waals surface area contributed by atoms with Crippen LogP contribution in [-0.2, 0) is 23.9 Å². The first-order chi connectivity index (χ1) is 22.8. The van der Waals surface area contributed by atoms with Gasteiger partial charge in [-0.25, -0.2) is 0 Å². The quantitative estimate of drug-likeness (QED) is 0.128. The lowest BCUT2D eigenvalue weighted by Crippen LogP contribution is -2.62. The van der Waals surface area contributed by atoms with E-state index in [0.29, 0.717) is 19.3 Å². The molecule has 0 aromatic rings. The molecule has 0 heterocycles. The molecule has 0 spiro atoms. The van der Waals surface area contributed by atoms with E-state index in [-0.39, 0.29) is 35.1 Å². The zero-order valence-corrected chi connectivity index (χ0v) is 32.1. The Morgan fingerprint density at radius 1 is 0.960 bits per heavy atom. The summed E-state index contributed by atoms with van der Waals surface area (Å²) in [4.78, 5) is 36.8. The van der Waals surface area contributed by atoms with E-state index in [1.165, 1.54) is 25.2 Å². The Morgan fingerprint density at radius 2 is 1.60 bits per heavy atom. The van der Waals surface area contributed by atoms with Crippen molar-refractivity contribution in [1.29, 1.82) is 0 Å². The minimum absolute atomic E-state index is 0.0548. The van der Waals surface area contributed by atoms with E-state index in [4.69, 9.17) is 4.74 Å². The third-order valence-electron chi connectivity index (χ3n) is 14.2. The molecule has 0 radical (unpaired) electrons. The summed E-state index contributed by atoms with van der Waals surface area (Å²) >= 11 is 0. The summed E-state index contributed by atoms with van der Waals surface area (Å²) in [5.41, 5.74) is -1.88. The van der Waals surface area contributed by atoms with Crippen LogP contribution in [0.3, 0.4) is 0 Å². The molecule has 0 aliphatic heterocycles. The molecule has 4 rings (SSSR count). The summed E-state index contributed by atoms with van der Waals surface area (Å²) in [7, 11) is 1.20. The van der Waals surface area contributed by atoms with Gasteiger partial charge in [0.1, 0.15) is 12.6 Å². The van der Waals surface area contributed by atoms with Crippen molar-refractivity contribution >= 4 is 17.8 Å². The number of nitrogens with one attached hydrogen (secondary N) is 1. The average molecular weight is 708 g/mol. The van der Waals surface area contributed by atoms with E-state index < -0.39 is 77.1 Å². The topological polar surface area (TPSA) is 183 Å². The molecule has 6 N–H and O–H groups in total. The molecule has 4 aliphatic carbocycles. The third-order valence-corrected chi connectivity index (χ3v) is 14.2. The molecule has 11 atom stereocenters. The minimum Gasteiger partial charge on any atom is -0.468 e. The van der Waals surface area contributed by atoms with Gasteiger partial charge >= 0.3 is 11.9 Å². The second-order valence-electron chi connectivity index (χ2n) is 18.4. The van der Waals surface area contributed by atoms with Gasteiger partial charge in [0.25, 0.3) is 0 Å². The molecule has 2 saturated carbocycles. The fourth-order valence-electron chi connectivity index (χ4n) is 11.2. The van der Waals surface area contributed by atoms with Crippen molar-refractivity contribution in [3.8, 4) is 0 Å². The summed E-state index contributed by atoms with van der Waals surface area (Å²) in [6, 6.07) is 0. The molecule has 1 amide bonds. The maximum Gasteiger partial charge on any atom is 0.325 e. The van der Waals surface area contributed by atoms with Gasteiger partial charge in [-0.15, -0.1) is 0 Å². The fraction of sp³-hybridized carbons (Fsp3) is 0.872. The van der Waals surface area contributed by atoms with Crippen LogP contribution in [0.1, 0.15) is 127 Å². The van der Waals surface area contributed by atoms with Crippen LogP contribution < -0.4 is 5.32 Å². The monoisotopic (exact) mass is 707 g/mol. The third kappa shape index (κ3) is 7.28. The van der Waals surface area contributed by atoms with E-state index in [1.54, 1.807) is 13.8 Å². The van der Waals surface area contributed by atoms with Crippen molar-refractivity contribution in [3.05, 3.63) is 11.1 Å². The lowest BCUT2D eigenvalue weighted by Gasteiger charge is -2.64. The Bertz CT molecular complexity index is 1330. The Hall–Kier alpha value is -2.05. The van der Waals surface area contributed by atoms with Gasteiger partial charge in [0, 0.05) is 10.8 Å². The summed E-state index contributed by atoms with van der Waals surface area (Å²) in [5.74, 6) is -1.40. The molecule has 2 unspecified atom stereocenters. The number of methoxy groups -OCH3 is 1. The number of esters is 2. The molecule has 286 valence electrons. The first-order valence-corrected chi connectivity index (χ1v) is 18.6. The number of fused-ring (bicyclic) bond motifs is 4. The van der Waals surface area contributed by atoms with Gasteiger partial charge in [-0.05, 0) is 101 Å². The fourth-order valence-corrected chi connectivity index (χ4v) is 11.2. The zero-order valence-electron chi connectivity index (χ0n) is 32.1. The molecule has 0 bridgehead atoms. The molecule has 4 aliphatic rings. The van der Waals surface area contributed by atoms with Crippen molar-refractivity contribution < 1.29 is 49.4 Å². The molecule has 0 aromatic heterocycles. The zero-order chi connectivity index (χ0) is 37.8. The van der Waals surface area contributed by atoms with Gasteiger partial charge in [0.2, 0.25) is 5.91 Å². The SMILES string of the molecule is COC(=O)CNC(=O)CC(C)(O)CC(=O)O[C@H]1[C@H](O)C[C@]2(C)C3=C(CCC2C1(C)C)[C@]1(C)CC[C@H]([C@H](C)CC[C@@H](O)C(C)(C)O)[C@@]1(C)[C@@H](O)C3. The van der Waals surface area contributed by atoms with Crippen molar-refractivity contribution in [3.63, 3.8) is 0 Å². The minimum atomic E-state index is -1.73. The van der Waals surface area contributed by atoms with E-state index in [9.17, 15) is 39.9 Å². The van der Waals surface area contributed by atoms with Crippen molar-refractivity contribution in [1.82, 2.24) is 5.32 Å². The number of ether oxygens (including phenoxy) is 2. The number of hydrogen-bond acceptors (Lipinski definition) is 10. The maximum atomic E-state index is 13.2. The van der Waals surface area contributed by atoms with Gasteiger partial charge in [0.15, 0.2) is 0 Å². The van der Waals surface area contributed by atoms with Crippen molar-refractivity contribution in [2.75, 3.05) is 13.7 Å². The van der Waals surface area contributed by atoms with Gasteiger partial charge in [-0.1, -0.05) is 52.7 Å². The van der Waals surface area contributed by atoms with Crippen LogP contribution in [0.15, 0.2) is 11.1 Å². The lowest BCUT2D eigenvalue weighted by molar-refractivity contribution is -0.198. The summed E-state index contributed by atoms with van der Waals surface area (Å²) in [6.07, 6.45) is 1.72. The number of rotatable bonds is 12. The first-order valence-electron chi connectivity index (χ1n) is 18.6. The van der Waals surface area contributed by atoms with Gasteiger partial charge < -0.3 is 40.3 Å². The Kier molecular flexibility index (Phi) is 11.5.